The zero-order chi connectivity index (χ0) is 19.8. The van der Waals surface area contributed by atoms with Gasteiger partial charge in [0, 0.05) is 6.54 Å². The van der Waals surface area contributed by atoms with Crippen molar-refractivity contribution in [2.45, 2.75) is 19.9 Å². The van der Waals surface area contributed by atoms with Crippen molar-refractivity contribution >= 4 is 16.9 Å². The molecule has 144 valence electrons. The van der Waals surface area contributed by atoms with Crippen LogP contribution in [0.2, 0.25) is 0 Å². The summed E-state index contributed by atoms with van der Waals surface area (Å²) in [5.41, 5.74) is 2.15. The summed E-state index contributed by atoms with van der Waals surface area (Å²) in [5.74, 6) is 0.308. The van der Waals surface area contributed by atoms with Crippen molar-refractivity contribution in [3.05, 3.63) is 75.1 Å². The predicted octanol–water partition coefficient (Wildman–Crippen LogP) is 3.04. The number of hydrogen-bond acceptors (Lipinski definition) is 5. The highest BCUT2D eigenvalue weighted by molar-refractivity contribution is 5.99. The number of fused-ring (bicyclic) bond motifs is 2. The summed E-state index contributed by atoms with van der Waals surface area (Å²) in [7, 11) is 0. The second-order valence-corrected chi connectivity index (χ2v) is 6.80. The molecule has 4 rings (SSSR count). The van der Waals surface area contributed by atoms with Gasteiger partial charge in [0.2, 0.25) is 5.76 Å². The van der Waals surface area contributed by atoms with Crippen LogP contribution >= 0.6 is 0 Å². The zero-order valence-corrected chi connectivity index (χ0v) is 15.8. The molecule has 2 aromatic carbocycles. The smallest absolute Gasteiger partial charge is 0.290 e. The van der Waals surface area contributed by atoms with Gasteiger partial charge >= 0.3 is 0 Å². The van der Waals surface area contributed by atoms with Crippen molar-refractivity contribution < 1.29 is 19.1 Å². The van der Waals surface area contributed by atoms with Crippen molar-refractivity contribution in [2.75, 3.05) is 19.8 Å². The fourth-order valence-corrected chi connectivity index (χ4v) is 3.76. The second kappa shape index (κ2) is 7.13. The standard InChI is InChI=1S/C22H21NO5/c1-3-27-15-6-4-5-14(12-15)19-18-20(25)16-11-13(2)7-8-17(16)28-21(18)22(26)23(19)9-10-24/h4-8,11-12,19,24H,3,9-10H2,1-2H3. The third-order valence-electron chi connectivity index (χ3n) is 4.95. The molecule has 0 saturated heterocycles. The van der Waals surface area contributed by atoms with Gasteiger partial charge in [0.05, 0.1) is 30.2 Å². The first-order chi connectivity index (χ1) is 13.5. The maximum atomic E-state index is 13.3. The number of aliphatic hydroxyl groups is 1. The lowest BCUT2D eigenvalue weighted by Gasteiger charge is -2.24. The van der Waals surface area contributed by atoms with Gasteiger partial charge < -0.3 is 19.2 Å². The fourth-order valence-electron chi connectivity index (χ4n) is 3.76. The summed E-state index contributed by atoms with van der Waals surface area (Å²) < 4.78 is 11.4. The molecular weight excluding hydrogens is 358 g/mol. The number of carbonyl (C=O) groups excluding carboxylic acids is 1. The molecule has 1 atom stereocenters. The summed E-state index contributed by atoms with van der Waals surface area (Å²) in [6.45, 7) is 4.19. The van der Waals surface area contributed by atoms with E-state index in [9.17, 15) is 14.7 Å². The third kappa shape index (κ3) is 2.86. The minimum atomic E-state index is -0.629. The Kier molecular flexibility index (Phi) is 4.65. The molecule has 1 aliphatic rings. The maximum absolute atomic E-state index is 13.3. The van der Waals surface area contributed by atoms with Crippen LogP contribution in [-0.4, -0.2) is 35.7 Å². The lowest BCUT2D eigenvalue weighted by Crippen LogP contribution is -2.32. The molecule has 1 unspecified atom stereocenters. The van der Waals surface area contributed by atoms with E-state index in [2.05, 4.69) is 0 Å². The Bertz CT molecular complexity index is 1120. The SMILES string of the molecule is CCOc1cccc(C2c3c(oc4ccc(C)cc4c3=O)C(=O)N2CCO)c1. The van der Waals surface area contributed by atoms with E-state index in [1.807, 2.05) is 44.2 Å². The van der Waals surface area contributed by atoms with Gasteiger partial charge in [0.1, 0.15) is 11.3 Å². The molecule has 1 aliphatic heterocycles. The van der Waals surface area contributed by atoms with E-state index >= 15 is 0 Å². The van der Waals surface area contributed by atoms with E-state index in [1.165, 1.54) is 4.90 Å². The summed E-state index contributed by atoms with van der Waals surface area (Å²) in [4.78, 5) is 27.8. The van der Waals surface area contributed by atoms with Gasteiger partial charge in [0.15, 0.2) is 5.43 Å². The van der Waals surface area contributed by atoms with Crippen LogP contribution in [0.15, 0.2) is 51.7 Å². The number of hydrogen-bond donors (Lipinski definition) is 1. The van der Waals surface area contributed by atoms with E-state index in [0.717, 1.165) is 11.1 Å². The summed E-state index contributed by atoms with van der Waals surface area (Å²) in [5, 5.41) is 9.94. The molecule has 1 amide bonds. The molecule has 0 aliphatic carbocycles. The predicted molar refractivity (Wildman–Crippen MR) is 105 cm³/mol. The lowest BCUT2D eigenvalue weighted by molar-refractivity contribution is 0.0691. The van der Waals surface area contributed by atoms with Gasteiger partial charge in [-0.25, -0.2) is 0 Å². The van der Waals surface area contributed by atoms with Gasteiger partial charge in [-0.1, -0.05) is 23.8 Å². The number of aryl methyl sites for hydroxylation is 1. The highest BCUT2D eigenvalue weighted by Gasteiger charge is 2.42. The topological polar surface area (TPSA) is 80.0 Å². The van der Waals surface area contributed by atoms with Crippen LogP contribution in [0.25, 0.3) is 11.0 Å². The Morgan fingerprint density at radius 2 is 2.00 bits per heavy atom. The Hall–Kier alpha value is -3.12. The fraction of sp³-hybridized carbons (Fsp3) is 0.273. The molecule has 1 aromatic heterocycles. The van der Waals surface area contributed by atoms with Gasteiger partial charge in [-0.3, -0.25) is 9.59 Å². The summed E-state index contributed by atoms with van der Waals surface area (Å²) in [6, 6.07) is 12.0. The molecule has 0 bridgehead atoms. The molecule has 2 heterocycles. The van der Waals surface area contributed by atoms with E-state index in [0.29, 0.717) is 28.9 Å². The number of β-amino-alcohol motifs (C(OH)–C–C–N with tert-alkyl or cyclic N) is 1. The van der Waals surface area contributed by atoms with Crippen LogP contribution in [0, 0.1) is 6.92 Å². The van der Waals surface area contributed by atoms with E-state index in [4.69, 9.17) is 9.15 Å². The molecule has 0 radical (unpaired) electrons. The summed E-state index contributed by atoms with van der Waals surface area (Å²) >= 11 is 0. The first-order valence-electron chi connectivity index (χ1n) is 9.27. The minimum absolute atomic E-state index is 0.0432. The molecule has 6 heteroatoms. The molecule has 0 saturated carbocycles. The number of aliphatic hydroxyl groups excluding tert-OH is 1. The van der Waals surface area contributed by atoms with Crippen LogP contribution in [-0.2, 0) is 0 Å². The molecule has 0 spiro atoms. The van der Waals surface area contributed by atoms with Gasteiger partial charge in [-0.2, -0.15) is 0 Å². The Morgan fingerprint density at radius 3 is 2.75 bits per heavy atom. The maximum Gasteiger partial charge on any atom is 0.290 e. The van der Waals surface area contributed by atoms with Gasteiger partial charge in [0.25, 0.3) is 5.91 Å². The van der Waals surface area contributed by atoms with E-state index in [1.54, 1.807) is 12.1 Å². The Labute approximate surface area is 162 Å². The largest absolute Gasteiger partial charge is 0.494 e. The zero-order valence-electron chi connectivity index (χ0n) is 15.8. The number of amides is 1. The van der Waals surface area contributed by atoms with Crippen molar-refractivity contribution in [1.29, 1.82) is 0 Å². The quantitative estimate of drug-likeness (QED) is 0.737. The van der Waals surface area contributed by atoms with Crippen molar-refractivity contribution in [3.63, 3.8) is 0 Å². The number of carbonyl (C=O) groups is 1. The average molecular weight is 379 g/mol. The van der Waals surface area contributed by atoms with Crippen LogP contribution < -0.4 is 10.2 Å². The number of rotatable bonds is 5. The first kappa shape index (κ1) is 18.3. The second-order valence-electron chi connectivity index (χ2n) is 6.80. The Morgan fingerprint density at radius 1 is 1.18 bits per heavy atom. The number of nitrogens with zero attached hydrogens (tertiary/aromatic N) is 1. The minimum Gasteiger partial charge on any atom is -0.494 e. The third-order valence-corrected chi connectivity index (χ3v) is 4.95. The molecule has 1 N–H and O–H groups in total. The molecular formula is C22H21NO5. The van der Waals surface area contributed by atoms with Crippen molar-refractivity contribution in [2.24, 2.45) is 0 Å². The van der Waals surface area contributed by atoms with Crippen LogP contribution in [0.4, 0.5) is 0 Å². The molecule has 3 aromatic rings. The van der Waals surface area contributed by atoms with E-state index in [-0.39, 0.29) is 24.3 Å². The van der Waals surface area contributed by atoms with Crippen LogP contribution in [0.1, 0.15) is 40.2 Å². The number of ether oxygens (including phenoxy) is 1. The van der Waals surface area contributed by atoms with Crippen molar-refractivity contribution in [3.8, 4) is 5.75 Å². The lowest BCUT2D eigenvalue weighted by atomic mass is 9.98. The highest BCUT2D eigenvalue weighted by Crippen LogP contribution is 2.38. The normalized spacial score (nSPS) is 15.9. The van der Waals surface area contributed by atoms with Crippen LogP contribution in [0.5, 0.6) is 5.75 Å². The molecule has 28 heavy (non-hydrogen) atoms. The molecule has 0 fully saturated rings. The van der Waals surface area contributed by atoms with Gasteiger partial charge in [-0.05, 0) is 43.7 Å². The monoisotopic (exact) mass is 379 g/mol. The average Bonchev–Trinajstić information content (AvgIpc) is 2.96. The Balaban J connectivity index is 1.97. The van der Waals surface area contributed by atoms with E-state index < -0.39 is 11.9 Å². The first-order valence-corrected chi connectivity index (χ1v) is 9.27. The number of benzene rings is 2. The highest BCUT2D eigenvalue weighted by atomic mass is 16.5. The van der Waals surface area contributed by atoms with Crippen LogP contribution in [0.3, 0.4) is 0 Å². The van der Waals surface area contributed by atoms with Gasteiger partial charge in [-0.15, -0.1) is 0 Å². The van der Waals surface area contributed by atoms with Crippen molar-refractivity contribution in [1.82, 2.24) is 4.90 Å². The summed E-state index contributed by atoms with van der Waals surface area (Å²) in [6.07, 6.45) is 0. The molecule has 6 nitrogen and oxygen atoms in total.